The standard InChI is InChI=1S/C10H19BO6/c1-12-4-10-7(14-3)6(8(11)17-10)16-9(10)15-5-13-2/h6-9H,4-5,11H2,1-3H3/t6?,7?,8?,9?,10-/m1/s1. The van der Waals surface area contributed by atoms with E-state index in [1.54, 1.807) is 21.3 Å². The summed E-state index contributed by atoms with van der Waals surface area (Å²) in [6.45, 7) is 0.512. The first kappa shape index (κ1) is 13.3. The van der Waals surface area contributed by atoms with E-state index < -0.39 is 11.9 Å². The van der Waals surface area contributed by atoms with E-state index in [4.69, 9.17) is 28.4 Å². The Labute approximate surface area is 102 Å². The highest BCUT2D eigenvalue weighted by atomic mass is 16.8. The normalized spacial score (nSPS) is 44.4. The van der Waals surface area contributed by atoms with Crippen molar-refractivity contribution in [3.8, 4) is 0 Å². The van der Waals surface area contributed by atoms with E-state index >= 15 is 0 Å². The average Bonchev–Trinajstić information content (AvgIpc) is 2.74. The Hall–Kier alpha value is -0.175. The largest absolute Gasteiger partial charge is 0.381 e. The molecule has 4 unspecified atom stereocenters. The topological polar surface area (TPSA) is 55.4 Å². The van der Waals surface area contributed by atoms with Crippen LogP contribution in [0.5, 0.6) is 0 Å². The third-order valence-corrected chi connectivity index (χ3v) is 3.29. The molecule has 0 aromatic heterocycles. The second kappa shape index (κ2) is 5.21. The van der Waals surface area contributed by atoms with Crippen LogP contribution >= 0.6 is 0 Å². The maximum atomic E-state index is 5.95. The molecule has 17 heavy (non-hydrogen) atoms. The summed E-state index contributed by atoms with van der Waals surface area (Å²) in [7, 11) is 6.79. The van der Waals surface area contributed by atoms with Gasteiger partial charge >= 0.3 is 0 Å². The molecule has 0 radical (unpaired) electrons. The van der Waals surface area contributed by atoms with Gasteiger partial charge in [0, 0.05) is 21.3 Å². The van der Waals surface area contributed by atoms with Crippen LogP contribution in [-0.2, 0) is 28.4 Å². The predicted octanol–water partition coefficient (Wildman–Crippen LogP) is -1.28. The van der Waals surface area contributed by atoms with Gasteiger partial charge in [0.05, 0.1) is 12.6 Å². The molecule has 98 valence electrons. The van der Waals surface area contributed by atoms with Gasteiger partial charge in [-0.1, -0.05) is 0 Å². The van der Waals surface area contributed by atoms with Crippen molar-refractivity contribution in [2.75, 3.05) is 34.7 Å². The highest BCUT2D eigenvalue weighted by Gasteiger charge is 2.66. The molecule has 2 heterocycles. The molecule has 0 saturated carbocycles. The maximum absolute atomic E-state index is 5.95. The van der Waals surface area contributed by atoms with E-state index in [9.17, 15) is 0 Å². The van der Waals surface area contributed by atoms with Gasteiger partial charge in [-0.05, 0) is 0 Å². The number of rotatable bonds is 6. The first-order valence-corrected chi connectivity index (χ1v) is 5.65. The number of methoxy groups -OCH3 is 3. The molecule has 0 aromatic carbocycles. The van der Waals surface area contributed by atoms with Gasteiger partial charge in [0.25, 0.3) is 0 Å². The lowest BCUT2D eigenvalue weighted by atomic mass is 9.91. The minimum atomic E-state index is -0.702. The van der Waals surface area contributed by atoms with Crippen molar-refractivity contribution in [1.82, 2.24) is 0 Å². The Kier molecular flexibility index (Phi) is 4.07. The van der Waals surface area contributed by atoms with Crippen molar-refractivity contribution in [3.05, 3.63) is 0 Å². The van der Waals surface area contributed by atoms with E-state index in [1.165, 1.54) is 0 Å². The fourth-order valence-corrected chi connectivity index (χ4v) is 2.69. The molecular weight excluding hydrogens is 227 g/mol. The Morgan fingerprint density at radius 2 is 2.00 bits per heavy atom. The van der Waals surface area contributed by atoms with Crippen molar-refractivity contribution in [2.45, 2.75) is 30.1 Å². The minimum absolute atomic E-state index is 0.0301. The summed E-state index contributed by atoms with van der Waals surface area (Å²) in [6.07, 6.45) is -0.829. The molecule has 0 aliphatic carbocycles. The molecule has 6 nitrogen and oxygen atoms in total. The summed E-state index contributed by atoms with van der Waals surface area (Å²) in [5, 5.41) is 0. The van der Waals surface area contributed by atoms with Crippen LogP contribution in [-0.4, -0.2) is 72.7 Å². The molecule has 0 amide bonds. The van der Waals surface area contributed by atoms with Crippen LogP contribution in [0, 0.1) is 0 Å². The van der Waals surface area contributed by atoms with Crippen molar-refractivity contribution in [1.29, 1.82) is 0 Å². The molecular formula is C10H19BO6. The summed E-state index contributed by atoms with van der Waals surface area (Å²) < 4.78 is 32.8. The van der Waals surface area contributed by atoms with Gasteiger partial charge in [0.1, 0.15) is 26.8 Å². The third-order valence-electron chi connectivity index (χ3n) is 3.29. The monoisotopic (exact) mass is 246 g/mol. The molecule has 7 heteroatoms. The van der Waals surface area contributed by atoms with Crippen molar-refractivity contribution < 1.29 is 28.4 Å². The molecule has 2 bridgehead atoms. The van der Waals surface area contributed by atoms with E-state index in [0.717, 1.165) is 0 Å². The lowest BCUT2D eigenvalue weighted by Gasteiger charge is -2.36. The molecule has 2 aliphatic heterocycles. The third kappa shape index (κ3) is 2.01. The molecule has 2 rings (SSSR count). The van der Waals surface area contributed by atoms with Crippen LogP contribution in [0.4, 0.5) is 0 Å². The number of fused-ring (bicyclic) bond motifs is 2. The van der Waals surface area contributed by atoms with Gasteiger partial charge in [-0.25, -0.2) is 0 Å². The Morgan fingerprint density at radius 3 is 2.59 bits per heavy atom. The molecule has 0 N–H and O–H groups in total. The van der Waals surface area contributed by atoms with E-state index in [1.807, 2.05) is 7.85 Å². The first-order valence-electron chi connectivity index (χ1n) is 5.65. The van der Waals surface area contributed by atoms with Crippen LogP contribution in [0.2, 0.25) is 0 Å². The zero-order chi connectivity index (χ0) is 12.5. The molecule has 2 aliphatic rings. The average molecular weight is 246 g/mol. The molecule has 2 saturated heterocycles. The van der Waals surface area contributed by atoms with Gasteiger partial charge in [-0.2, -0.15) is 0 Å². The van der Waals surface area contributed by atoms with E-state index in [2.05, 4.69) is 0 Å². The van der Waals surface area contributed by atoms with Crippen LogP contribution < -0.4 is 0 Å². The SMILES string of the molecule is BC1O[C@@]2(COC)C(OCOC)OC1C2OC. The van der Waals surface area contributed by atoms with Crippen molar-refractivity contribution in [2.24, 2.45) is 0 Å². The summed E-state index contributed by atoms with van der Waals surface area (Å²) in [5.41, 5.74) is -0.702. The van der Waals surface area contributed by atoms with Gasteiger partial charge in [0.2, 0.25) is 0 Å². The highest BCUT2D eigenvalue weighted by Crippen LogP contribution is 2.45. The highest BCUT2D eigenvalue weighted by molar-refractivity contribution is 6.11. The fraction of sp³-hybridized carbons (Fsp3) is 1.00. The van der Waals surface area contributed by atoms with Gasteiger partial charge in [0.15, 0.2) is 11.9 Å². The van der Waals surface area contributed by atoms with E-state index in [-0.39, 0.29) is 25.0 Å². The lowest BCUT2D eigenvalue weighted by Crippen LogP contribution is -2.53. The number of hydrogen-bond donors (Lipinski definition) is 0. The quantitative estimate of drug-likeness (QED) is 0.430. The number of ether oxygens (including phenoxy) is 6. The Balaban J connectivity index is 2.15. The second-order valence-electron chi connectivity index (χ2n) is 4.37. The second-order valence-corrected chi connectivity index (χ2v) is 4.37. The van der Waals surface area contributed by atoms with Crippen LogP contribution in [0.25, 0.3) is 0 Å². The molecule has 0 aromatic rings. The molecule has 0 spiro atoms. The zero-order valence-corrected chi connectivity index (χ0v) is 10.7. The number of hydrogen-bond acceptors (Lipinski definition) is 6. The van der Waals surface area contributed by atoms with Crippen LogP contribution in [0.3, 0.4) is 0 Å². The van der Waals surface area contributed by atoms with Gasteiger partial charge in [-0.15, -0.1) is 0 Å². The predicted molar refractivity (Wildman–Crippen MR) is 60.4 cm³/mol. The Bertz CT molecular complexity index is 265. The van der Waals surface area contributed by atoms with Gasteiger partial charge < -0.3 is 28.4 Å². The summed E-state index contributed by atoms with van der Waals surface area (Å²) in [4.78, 5) is 0. The molecule has 5 atom stereocenters. The van der Waals surface area contributed by atoms with Crippen molar-refractivity contribution in [3.63, 3.8) is 0 Å². The maximum Gasteiger partial charge on any atom is 0.194 e. The fourth-order valence-electron chi connectivity index (χ4n) is 2.69. The Morgan fingerprint density at radius 1 is 1.24 bits per heavy atom. The lowest BCUT2D eigenvalue weighted by molar-refractivity contribution is -0.291. The zero-order valence-electron chi connectivity index (χ0n) is 10.7. The van der Waals surface area contributed by atoms with Crippen LogP contribution in [0.15, 0.2) is 0 Å². The smallest absolute Gasteiger partial charge is 0.194 e. The first-order chi connectivity index (χ1) is 8.19. The summed E-state index contributed by atoms with van der Waals surface area (Å²) in [5.74, 6) is 0. The van der Waals surface area contributed by atoms with E-state index in [0.29, 0.717) is 6.61 Å². The van der Waals surface area contributed by atoms with Crippen molar-refractivity contribution >= 4 is 7.85 Å². The van der Waals surface area contributed by atoms with Crippen LogP contribution in [0.1, 0.15) is 0 Å². The molecule has 2 fully saturated rings. The van der Waals surface area contributed by atoms with Gasteiger partial charge in [-0.3, -0.25) is 0 Å². The minimum Gasteiger partial charge on any atom is -0.381 e. The summed E-state index contributed by atoms with van der Waals surface area (Å²) >= 11 is 0. The summed E-state index contributed by atoms with van der Waals surface area (Å²) in [6, 6.07) is -0.0301.